The van der Waals surface area contributed by atoms with Crippen LogP contribution in [-0.2, 0) is 9.59 Å². The zero-order chi connectivity index (χ0) is 23.5. The fraction of sp³-hybridized carbons (Fsp3) is 0.185. The second-order valence-corrected chi connectivity index (χ2v) is 8.06. The van der Waals surface area contributed by atoms with E-state index in [2.05, 4.69) is 5.32 Å². The summed E-state index contributed by atoms with van der Waals surface area (Å²) in [6, 6.07) is 22.3. The van der Waals surface area contributed by atoms with E-state index in [4.69, 9.17) is 4.74 Å². The molecule has 6 nitrogen and oxygen atoms in total. The summed E-state index contributed by atoms with van der Waals surface area (Å²) in [6.45, 7) is 4.43. The SMILES string of the molecule is CCOc1cccc(NC2=C(c3ccc(C)cc3)C(=O)N(c3cccc(N(C)C)c3)C2=O)c1. The molecule has 0 spiro atoms. The molecule has 0 bridgehead atoms. The lowest BCUT2D eigenvalue weighted by Crippen LogP contribution is -2.32. The van der Waals surface area contributed by atoms with Crippen molar-refractivity contribution in [2.24, 2.45) is 0 Å². The lowest BCUT2D eigenvalue weighted by atomic mass is 10.0. The maximum atomic E-state index is 13.6. The first-order valence-electron chi connectivity index (χ1n) is 10.9. The normalized spacial score (nSPS) is 13.5. The van der Waals surface area contributed by atoms with Gasteiger partial charge in [0.25, 0.3) is 11.8 Å². The summed E-state index contributed by atoms with van der Waals surface area (Å²) >= 11 is 0. The van der Waals surface area contributed by atoms with Crippen LogP contribution in [0.15, 0.2) is 78.5 Å². The van der Waals surface area contributed by atoms with Crippen LogP contribution in [0.1, 0.15) is 18.1 Å². The van der Waals surface area contributed by atoms with Gasteiger partial charge in [-0.1, -0.05) is 42.0 Å². The van der Waals surface area contributed by atoms with Crippen molar-refractivity contribution in [3.8, 4) is 5.75 Å². The number of nitrogens with one attached hydrogen (secondary N) is 1. The summed E-state index contributed by atoms with van der Waals surface area (Å²) in [6.07, 6.45) is 0. The summed E-state index contributed by atoms with van der Waals surface area (Å²) < 4.78 is 5.59. The average Bonchev–Trinajstić information content (AvgIpc) is 3.04. The molecular formula is C27H27N3O3. The van der Waals surface area contributed by atoms with Gasteiger partial charge >= 0.3 is 0 Å². The van der Waals surface area contributed by atoms with E-state index in [1.165, 1.54) is 4.90 Å². The minimum atomic E-state index is -0.395. The number of rotatable bonds is 7. The highest BCUT2D eigenvalue weighted by atomic mass is 16.5. The molecular weight excluding hydrogens is 414 g/mol. The van der Waals surface area contributed by atoms with E-state index in [1.54, 1.807) is 6.07 Å². The molecule has 0 unspecified atom stereocenters. The number of amides is 2. The molecule has 3 aromatic rings. The number of anilines is 3. The maximum absolute atomic E-state index is 13.6. The van der Waals surface area contributed by atoms with Gasteiger partial charge < -0.3 is 15.0 Å². The molecule has 33 heavy (non-hydrogen) atoms. The third-order valence-corrected chi connectivity index (χ3v) is 5.44. The molecule has 1 aliphatic heterocycles. The van der Waals surface area contributed by atoms with Crippen LogP contribution < -0.4 is 19.9 Å². The van der Waals surface area contributed by atoms with Crippen molar-refractivity contribution in [2.75, 3.05) is 35.8 Å². The molecule has 6 heteroatoms. The highest BCUT2D eigenvalue weighted by molar-refractivity contribution is 6.46. The summed E-state index contributed by atoms with van der Waals surface area (Å²) in [7, 11) is 3.84. The summed E-state index contributed by atoms with van der Waals surface area (Å²) in [4.78, 5) is 30.4. The van der Waals surface area contributed by atoms with Crippen molar-refractivity contribution in [1.29, 1.82) is 0 Å². The topological polar surface area (TPSA) is 61.9 Å². The molecule has 0 aromatic heterocycles. The van der Waals surface area contributed by atoms with Crippen molar-refractivity contribution in [3.63, 3.8) is 0 Å². The third kappa shape index (κ3) is 4.46. The molecule has 1 aliphatic rings. The van der Waals surface area contributed by atoms with Gasteiger partial charge in [0.05, 0.1) is 17.9 Å². The molecule has 0 fully saturated rings. The van der Waals surface area contributed by atoms with Gasteiger partial charge in [0.1, 0.15) is 11.4 Å². The third-order valence-electron chi connectivity index (χ3n) is 5.44. The lowest BCUT2D eigenvalue weighted by molar-refractivity contribution is -0.120. The molecule has 0 saturated carbocycles. The van der Waals surface area contributed by atoms with E-state index < -0.39 is 5.91 Å². The number of carbonyl (C=O) groups excluding carboxylic acids is 2. The predicted molar refractivity (Wildman–Crippen MR) is 133 cm³/mol. The largest absolute Gasteiger partial charge is 0.494 e. The van der Waals surface area contributed by atoms with Crippen LogP contribution >= 0.6 is 0 Å². The number of ether oxygens (including phenoxy) is 1. The Morgan fingerprint density at radius 2 is 1.64 bits per heavy atom. The minimum Gasteiger partial charge on any atom is -0.494 e. The maximum Gasteiger partial charge on any atom is 0.282 e. The second-order valence-electron chi connectivity index (χ2n) is 8.06. The van der Waals surface area contributed by atoms with Gasteiger partial charge in [-0.15, -0.1) is 0 Å². The molecule has 1 N–H and O–H groups in total. The Hall–Kier alpha value is -4.06. The second kappa shape index (κ2) is 9.20. The molecule has 168 valence electrons. The molecule has 0 atom stereocenters. The molecule has 3 aromatic carbocycles. The van der Waals surface area contributed by atoms with Crippen LogP contribution in [0.5, 0.6) is 5.75 Å². The molecule has 2 amide bonds. The van der Waals surface area contributed by atoms with Crippen molar-refractivity contribution >= 4 is 34.4 Å². The van der Waals surface area contributed by atoms with Crippen molar-refractivity contribution in [2.45, 2.75) is 13.8 Å². The number of benzene rings is 3. The van der Waals surface area contributed by atoms with Gasteiger partial charge in [-0.2, -0.15) is 0 Å². The number of hydrogen-bond acceptors (Lipinski definition) is 5. The first kappa shape index (κ1) is 22.1. The number of carbonyl (C=O) groups is 2. The van der Waals surface area contributed by atoms with Crippen molar-refractivity contribution < 1.29 is 14.3 Å². The Kier molecular flexibility index (Phi) is 6.18. The fourth-order valence-corrected chi connectivity index (χ4v) is 3.75. The van der Waals surface area contributed by atoms with E-state index in [0.29, 0.717) is 34.9 Å². The van der Waals surface area contributed by atoms with Gasteiger partial charge in [-0.05, 0) is 49.7 Å². The van der Waals surface area contributed by atoms with E-state index in [-0.39, 0.29) is 11.6 Å². The summed E-state index contributed by atoms with van der Waals surface area (Å²) in [5.74, 6) is -0.0659. The molecule has 1 heterocycles. The zero-order valence-corrected chi connectivity index (χ0v) is 19.3. The number of nitrogens with zero attached hydrogens (tertiary/aromatic N) is 2. The smallest absolute Gasteiger partial charge is 0.282 e. The summed E-state index contributed by atoms with van der Waals surface area (Å²) in [5.41, 5.74) is 4.45. The number of aryl methyl sites for hydroxylation is 1. The Bertz CT molecular complexity index is 1230. The van der Waals surface area contributed by atoms with Gasteiger partial charge in [0, 0.05) is 31.5 Å². The Morgan fingerprint density at radius 1 is 0.909 bits per heavy atom. The first-order chi connectivity index (χ1) is 15.9. The Labute approximate surface area is 194 Å². The quantitative estimate of drug-likeness (QED) is 0.531. The molecule has 0 radical (unpaired) electrons. The van der Waals surface area contributed by atoms with E-state index in [0.717, 1.165) is 11.3 Å². The zero-order valence-electron chi connectivity index (χ0n) is 19.3. The van der Waals surface area contributed by atoms with Crippen LogP contribution in [0.2, 0.25) is 0 Å². The van der Waals surface area contributed by atoms with Crippen LogP contribution in [0, 0.1) is 6.92 Å². The molecule has 4 rings (SSSR count). The fourth-order valence-electron chi connectivity index (χ4n) is 3.75. The number of imide groups is 1. The van der Waals surface area contributed by atoms with E-state index in [9.17, 15) is 9.59 Å². The van der Waals surface area contributed by atoms with Crippen LogP contribution in [0.4, 0.5) is 17.1 Å². The first-order valence-corrected chi connectivity index (χ1v) is 10.9. The molecule has 0 aliphatic carbocycles. The Balaban J connectivity index is 1.79. The van der Waals surface area contributed by atoms with Crippen molar-refractivity contribution in [1.82, 2.24) is 0 Å². The van der Waals surface area contributed by atoms with Crippen molar-refractivity contribution in [3.05, 3.63) is 89.6 Å². The van der Waals surface area contributed by atoms with Crippen LogP contribution in [-0.4, -0.2) is 32.5 Å². The molecule has 0 saturated heterocycles. The standard InChI is InChI=1S/C27H27N3O3/c1-5-33-23-11-6-8-20(16-23)28-25-24(19-14-12-18(2)13-15-19)26(31)30(27(25)32)22-10-7-9-21(17-22)29(3)4/h6-17,28H,5H2,1-4H3. The van der Waals surface area contributed by atoms with E-state index in [1.807, 2.05) is 99.6 Å². The lowest BCUT2D eigenvalue weighted by Gasteiger charge is -2.19. The minimum absolute atomic E-state index is 0.243. The highest BCUT2D eigenvalue weighted by Crippen LogP contribution is 2.35. The predicted octanol–water partition coefficient (Wildman–Crippen LogP) is 4.86. The Morgan fingerprint density at radius 3 is 2.33 bits per heavy atom. The van der Waals surface area contributed by atoms with Crippen LogP contribution in [0.25, 0.3) is 5.57 Å². The summed E-state index contributed by atoms with van der Waals surface area (Å²) in [5, 5.41) is 3.20. The van der Waals surface area contributed by atoms with Gasteiger partial charge in [-0.25, -0.2) is 4.90 Å². The monoisotopic (exact) mass is 441 g/mol. The van der Waals surface area contributed by atoms with Gasteiger partial charge in [0.15, 0.2) is 0 Å². The van der Waals surface area contributed by atoms with Gasteiger partial charge in [0.2, 0.25) is 0 Å². The average molecular weight is 442 g/mol. The van der Waals surface area contributed by atoms with Crippen LogP contribution in [0.3, 0.4) is 0 Å². The highest BCUT2D eigenvalue weighted by Gasteiger charge is 2.40. The number of hydrogen-bond donors (Lipinski definition) is 1. The van der Waals surface area contributed by atoms with Gasteiger partial charge in [-0.3, -0.25) is 9.59 Å². The van der Waals surface area contributed by atoms with E-state index >= 15 is 0 Å².